The van der Waals surface area contributed by atoms with Crippen molar-refractivity contribution in [2.24, 2.45) is 7.05 Å². The summed E-state index contributed by atoms with van der Waals surface area (Å²) in [6, 6.07) is 8.89. The van der Waals surface area contributed by atoms with Crippen LogP contribution in [0.3, 0.4) is 0 Å². The van der Waals surface area contributed by atoms with E-state index >= 15 is 0 Å². The molecule has 2 heterocycles. The van der Waals surface area contributed by atoms with E-state index in [9.17, 15) is 8.42 Å². The van der Waals surface area contributed by atoms with Gasteiger partial charge in [0, 0.05) is 32.6 Å². The summed E-state index contributed by atoms with van der Waals surface area (Å²) in [6.07, 6.45) is 1.76. The third kappa shape index (κ3) is 4.17. The van der Waals surface area contributed by atoms with Crippen LogP contribution in [0.25, 0.3) is 0 Å². The van der Waals surface area contributed by atoms with E-state index in [1.807, 2.05) is 25.8 Å². The lowest BCUT2D eigenvalue weighted by atomic mass is 9.96. The van der Waals surface area contributed by atoms with Crippen molar-refractivity contribution in [2.45, 2.75) is 30.2 Å². The highest BCUT2D eigenvalue weighted by Gasteiger charge is 2.33. The highest BCUT2D eigenvalue weighted by molar-refractivity contribution is 7.89. The zero-order valence-corrected chi connectivity index (χ0v) is 17.2. The van der Waals surface area contributed by atoms with Crippen LogP contribution in [0, 0.1) is 0 Å². The van der Waals surface area contributed by atoms with Crippen molar-refractivity contribution in [3.05, 3.63) is 41.7 Å². The molecule has 0 N–H and O–H groups in total. The van der Waals surface area contributed by atoms with Crippen LogP contribution >= 0.6 is 0 Å². The molecule has 1 aromatic carbocycles. The first-order chi connectivity index (χ1) is 12.8. The molecule has 7 nitrogen and oxygen atoms in total. The lowest BCUT2D eigenvalue weighted by Gasteiger charge is -2.31. The molecule has 1 atom stereocenters. The van der Waals surface area contributed by atoms with E-state index in [1.54, 1.807) is 28.6 Å². The average Bonchev–Trinajstić information content (AvgIpc) is 3.01. The van der Waals surface area contributed by atoms with Gasteiger partial charge in [0.1, 0.15) is 10.6 Å². The van der Waals surface area contributed by atoms with Crippen LogP contribution in [0.4, 0.5) is 0 Å². The van der Waals surface area contributed by atoms with Gasteiger partial charge < -0.3 is 9.64 Å². The fraction of sp³-hybridized carbons (Fsp3) is 0.526. The monoisotopic (exact) mass is 392 g/mol. The van der Waals surface area contributed by atoms with Crippen molar-refractivity contribution in [2.75, 3.05) is 34.3 Å². The van der Waals surface area contributed by atoms with Crippen molar-refractivity contribution in [1.29, 1.82) is 0 Å². The SMILES string of the molecule is COc1ccccc1S(=O)(=O)N1CCCC(c2cc(CN(C)C)n(C)n2)C1. The van der Waals surface area contributed by atoms with Gasteiger partial charge in [-0.3, -0.25) is 4.68 Å². The van der Waals surface area contributed by atoms with Gasteiger partial charge in [0.2, 0.25) is 10.0 Å². The van der Waals surface area contributed by atoms with Crippen LogP contribution in [0.2, 0.25) is 0 Å². The minimum absolute atomic E-state index is 0.102. The van der Waals surface area contributed by atoms with Crippen molar-refractivity contribution in [1.82, 2.24) is 19.0 Å². The first-order valence-corrected chi connectivity index (χ1v) is 10.6. The van der Waals surface area contributed by atoms with Gasteiger partial charge in [-0.15, -0.1) is 0 Å². The zero-order valence-electron chi connectivity index (χ0n) is 16.4. The molecule has 8 heteroatoms. The lowest BCUT2D eigenvalue weighted by molar-refractivity contribution is 0.310. The number of hydrogen-bond donors (Lipinski definition) is 0. The fourth-order valence-corrected chi connectivity index (χ4v) is 5.25. The first kappa shape index (κ1) is 19.9. The molecule has 3 rings (SSSR count). The van der Waals surface area contributed by atoms with E-state index in [1.165, 1.54) is 7.11 Å². The normalized spacial score (nSPS) is 18.8. The van der Waals surface area contributed by atoms with Crippen LogP contribution in [0.15, 0.2) is 35.2 Å². The Balaban J connectivity index is 1.84. The van der Waals surface area contributed by atoms with E-state index < -0.39 is 10.0 Å². The Labute approximate surface area is 161 Å². The third-order valence-corrected chi connectivity index (χ3v) is 6.87. The van der Waals surface area contributed by atoms with E-state index in [0.717, 1.165) is 30.8 Å². The maximum atomic E-state index is 13.2. The van der Waals surface area contributed by atoms with Gasteiger partial charge in [-0.25, -0.2) is 8.42 Å². The summed E-state index contributed by atoms with van der Waals surface area (Å²) >= 11 is 0. The standard InChI is InChI=1S/C19H28N4O3S/c1-21(2)14-16-12-17(20-22(16)3)15-8-7-11-23(13-15)27(24,25)19-10-6-5-9-18(19)26-4/h5-6,9-10,12,15H,7-8,11,13-14H2,1-4H3. The van der Waals surface area contributed by atoms with Gasteiger partial charge >= 0.3 is 0 Å². The number of benzene rings is 1. The van der Waals surface area contributed by atoms with Gasteiger partial charge in [-0.2, -0.15) is 9.40 Å². The van der Waals surface area contributed by atoms with Gasteiger partial charge in [0.05, 0.1) is 18.5 Å². The van der Waals surface area contributed by atoms with E-state index in [2.05, 4.69) is 16.1 Å². The largest absolute Gasteiger partial charge is 0.495 e. The summed E-state index contributed by atoms with van der Waals surface area (Å²) in [4.78, 5) is 2.32. The van der Waals surface area contributed by atoms with Crippen LogP contribution in [-0.2, 0) is 23.6 Å². The molecule has 1 aliphatic rings. The van der Waals surface area contributed by atoms with Crippen LogP contribution in [0.5, 0.6) is 5.75 Å². The predicted octanol–water partition coefficient (Wildman–Crippen LogP) is 2.06. The molecule has 0 bridgehead atoms. The van der Waals surface area contributed by atoms with Crippen LogP contribution in [-0.4, -0.2) is 61.7 Å². The Morgan fingerprint density at radius 3 is 2.74 bits per heavy atom. The highest BCUT2D eigenvalue weighted by Crippen LogP contribution is 2.32. The van der Waals surface area contributed by atoms with Crippen molar-refractivity contribution in [3.8, 4) is 5.75 Å². The summed E-state index contributed by atoms with van der Waals surface area (Å²) in [7, 11) is 3.88. The van der Waals surface area contributed by atoms with E-state index in [0.29, 0.717) is 18.8 Å². The number of sulfonamides is 1. The second-order valence-corrected chi connectivity index (χ2v) is 9.18. The number of aromatic nitrogens is 2. The predicted molar refractivity (Wildman–Crippen MR) is 104 cm³/mol. The molecule has 1 saturated heterocycles. The molecule has 0 radical (unpaired) electrons. The number of methoxy groups -OCH3 is 1. The second kappa shape index (κ2) is 8.00. The van der Waals surface area contributed by atoms with E-state index in [-0.39, 0.29) is 10.8 Å². The number of piperidine rings is 1. The molecule has 27 heavy (non-hydrogen) atoms. The summed E-state index contributed by atoms with van der Waals surface area (Å²) in [6.45, 7) is 1.77. The molecule has 1 aliphatic heterocycles. The minimum Gasteiger partial charge on any atom is -0.495 e. The van der Waals surface area contributed by atoms with Crippen molar-refractivity contribution >= 4 is 10.0 Å². The molecule has 0 spiro atoms. The molecular weight excluding hydrogens is 364 g/mol. The lowest BCUT2D eigenvalue weighted by Crippen LogP contribution is -2.39. The Morgan fingerprint density at radius 2 is 2.04 bits per heavy atom. The Morgan fingerprint density at radius 1 is 1.30 bits per heavy atom. The quantitative estimate of drug-likeness (QED) is 0.753. The maximum Gasteiger partial charge on any atom is 0.246 e. The number of ether oxygens (including phenoxy) is 1. The first-order valence-electron chi connectivity index (χ1n) is 9.13. The Hall–Kier alpha value is -1.90. The van der Waals surface area contributed by atoms with Gasteiger partial charge in [-0.1, -0.05) is 12.1 Å². The number of hydrogen-bond acceptors (Lipinski definition) is 5. The summed E-state index contributed by atoms with van der Waals surface area (Å²) < 4.78 is 35.1. The maximum absolute atomic E-state index is 13.2. The molecule has 2 aromatic rings. The molecule has 148 valence electrons. The van der Waals surface area contributed by atoms with Crippen LogP contribution in [0.1, 0.15) is 30.1 Å². The van der Waals surface area contributed by atoms with Crippen molar-refractivity contribution < 1.29 is 13.2 Å². The average molecular weight is 393 g/mol. The van der Waals surface area contributed by atoms with Crippen LogP contribution < -0.4 is 4.74 Å². The molecule has 1 unspecified atom stereocenters. The fourth-order valence-electron chi connectivity index (χ4n) is 3.58. The molecule has 1 fully saturated rings. The minimum atomic E-state index is -3.60. The number of nitrogens with zero attached hydrogens (tertiary/aromatic N) is 4. The smallest absolute Gasteiger partial charge is 0.246 e. The summed E-state index contributed by atoms with van der Waals surface area (Å²) in [5, 5.41) is 4.65. The van der Waals surface area contributed by atoms with Gasteiger partial charge in [-0.05, 0) is 45.1 Å². The number of aryl methyl sites for hydroxylation is 1. The number of rotatable bonds is 6. The molecular formula is C19H28N4O3S. The molecule has 1 aromatic heterocycles. The Bertz CT molecular complexity index is 892. The van der Waals surface area contributed by atoms with Crippen molar-refractivity contribution in [3.63, 3.8) is 0 Å². The third-order valence-electron chi connectivity index (χ3n) is 4.96. The van der Waals surface area contributed by atoms with Gasteiger partial charge in [0.15, 0.2) is 0 Å². The summed E-state index contributed by atoms with van der Waals surface area (Å²) in [5.74, 6) is 0.482. The Kier molecular flexibility index (Phi) is 5.88. The van der Waals surface area contributed by atoms with E-state index in [4.69, 9.17) is 4.74 Å². The highest BCUT2D eigenvalue weighted by atomic mass is 32.2. The molecule has 0 saturated carbocycles. The topological polar surface area (TPSA) is 67.7 Å². The number of para-hydroxylation sites is 1. The molecule has 0 amide bonds. The second-order valence-electron chi connectivity index (χ2n) is 7.27. The summed E-state index contributed by atoms with van der Waals surface area (Å²) in [5.41, 5.74) is 2.09. The zero-order chi connectivity index (χ0) is 19.6. The molecule has 0 aliphatic carbocycles. The van der Waals surface area contributed by atoms with Gasteiger partial charge in [0.25, 0.3) is 0 Å².